The van der Waals surface area contributed by atoms with Crippen LogP contribution in [0.15, 0.2) is 53.2 Å². The van der Waals surface area contributed by atoms with Gasteiger partial charge in [0.2, 0.25) is 6.79 Å². The predicted octanol–water partition coefficient (Wildman–Crippen LogP) is 3.28. The molecule has 0 radical (unpaired) electrons. The summed E-state index contributed by atoms with van der Waals surface area (Å²) in [4.78, 5) is 26.7. The minimum absolute atomic E-state index is 0.0434. The summed E-state index contributed by atoms with van der Waals surface area (Å²) >= 11 is 0. The molecule has 2 aliphatic heterocycles. The van der Waals surface area contributed by atoms with Gasteiger partial charge in [-0.1, -0.05) is 11.2 Å². The van der Waals surface area contributed by atoms with E-state index in [4.69, 9.17) is 14.0 Å². The highest BCUT2D eigenvalue weighted by Gasteiger charge is 2.28. The molecule has 0 aliphatic carbocycles. The van der Waals surface area contributed by atoms with E-state index in [1.165, 1.54) is 0 Å². The summed E-state index contributed by atoms with van der Waals surface area (Å²) in [5.74, 6) is 1.29. The van der Waals surface area contributed by atoms with Gasteiger partial charge in [-0.15, -0.1) is 0 Å². The minimum Gasteiger partial charge on any atom is -0.454 e. The average molecular weight is 457 g/mol. The molecule has 172 valence electrons. The Bertz CT molecular complexity index is 1360. The molecule has 3 aromatic heterocycles. The third-order valence-corrected chi connectivity index (χ3v) is 6.22. The highest BCUT2D eigenvalue weighted by molar-refractivity contribution is 6.09. The fourth-order valence-corrected chi connectivity index (χ4v) is 4.48. The van der Waals surface area contributed by atoms with Crippen molar-refractivity contribution in [1.82, 2.24) is 24.9 Å². The van der Waals surface area contributed by atoms with Crippen molar-refractivity contribution in [3.63, 3.8) is 0 Å². The summed E-state index contributed by atoms with van der Waals surface area (Å²) in [7, 11) is 0. The number of carbonyl (C=O) groups excluding carboxylic acids is 1. The van der Waals surface area contributed by atoms with E-state index in [0.717, 1.165) is 30.9 Å². The maximum atomic E-state index is 13.7. The Kier molecular flexibility index (Phi) is 5.10. The molecule has 0 bridgehead atoms. The number of aryl methyl sites for hydroxylation is 1. The molecule has 4 aromatic rings. The molecule has 0 N–H and O–H groups in total. The van der Waals surface area contributed by atoms with Gasteiger partial charge < -0.3 is 18.9 Å². The number of carbonyl (C=O) groups is 1. The van der Waals surface area contributed by atoms with E-state index >= 15 is 0 Å². The maximum absolute atomic E-state index is 13.7. The van der Waals surface area contributed by atoms with Gasteiger partial charge in [0.15, 0.2) is 11.5 Å². The number of pyridine rings is 2. The third kappa shape index (κ3) is 3.73. The minimum atomic E-state index is -0.0434. The van der Waals surface area contributed by atoms with E-state index in [1.54, 1.807) is 0 Å². The van der Waals surface area contributed by atoms with Crippen LogP contribution in [0.25, 0.3) is 22.4 Å². The van der Waals surface area contributed by atoms with Gasteiger partial charge in [0.05, 0.1) is 16.6 Å². The number of aromatic nitrogens is 3. The van der Waals surface area contributed by atoms with E-state index in [9.17, 15) is 4.79 Å². The quantitative estimate of drug-likeness (QED) is 0.461. The lowest BCUT2D eigenvalue weighted by Crippen LogP contribution is -2.48. The normalized spacial score (nSPS) is 15.7. The Morgan fingerprint density at radius 1 is 1.03 bits per heavy atom. The average Bonchev–Trinajstić information content (AvgIpc) is 3.50. The van der Waals surface area contributed by atoms with Crippen LogP contribution in [0.1, 0.15) is 21.7 Å². The summed E-state index contributed by atoms with van der Waals surface area (Å²) in [6.45, 7) is 5.67. The summed E-state index contributed by atoms with van der Waals surface area (Å²) in [6, 6.07) is 13.3. The number of hydrogen-bond acceptors (Lipinski definition) is 8. The molecule has 0 spiro atoms. The second kappa shape index (κ2) is 8.42. The van der Waals surface area contributed by atoms with Crippen molar-refractivity contribution in [3.8, 4) is 22.8 Å². The predicted molar refractivity (Wildman–Crippen MR) is 124 cm³/mol. The Morgan fingerprint density at radius 3 is 2.71 bits per heavy atom. The molecule has 0 atom stereocenters. The number of hydrogen-bond donors (Lipinski definition) is 0. The topological polar surface area (TPSA) is 93.8 Å². The lowest BCUT2D eigenvalue weighted by atomic mass is 10.0. The van der Waals surface area contributed by atoms with Crippen molar-refractivity contribution < 1.29 is 18.8 Å². The lowest BCUT2D eigenvalue weighted by molar-refractivity contribution is 0.0628. The first-order chi connectivity index (χ1) is 16.7. The first-order valence-electron chi connectivity index (χ1n) is 11.2. The molecule has 2 aliphatic rings. The molecule has 9 heteroatoms. The van der Waals surface area contributed by atoms with Gasteiger partial charge in [0, 0.05) is 50.2 Å². The molecule has 1 aromatic carbocycles. The van der Waals surface area contributed by atoms with Crippen molar-refractivity contribution in [2.75, 3.05) is 33.0 Å². The van der Waals surface area contributed by atoms with E-state index < -0.39 is 0 Å². The Morgan fingerprint density at radius 2 is 1.88 bits per heavy atom. The number of ether oxygens (including phenoxy) is 2. The third-order valence-electron chi connectivity index (χ3n) is 6.22. The molecule has 5 heterocycles. The van der Waals surface area contributed by atoms with Crippen LogP contribution in [0.5, 0.6) is 11.5 Å². The second-order valence-electron chi connectivity index (χ2n) is 8.48. The summed E-state index contributed by atoms with van der Waals surface area (Å²) in [6.07, 6.45) is 1.81. The Hall–Kier alpha value is -3.98. The van der Waals surface area contributed by atoms with Crippen LogP contribution in [0.3, 0.4) is 0 Å². The lowest BCUT2D eigenvalue weighted by Gasteiger charge is -2.34. The van der Waals surface area contributed by atoms with E-state index in [1.807, 2.05) is 60.5 Å². The van der Waals surface area contributed by atoms with E-state index in [2.05, 4.69) is 20.0 Å². The zero-order valence-corrected chi connectivity index (χ0v) is 18.7. The summed E-state index contributed by atoms with van der Waals surface area (Å²) in [5.41, 5.74) is 3.99. The van der Waals surface area contributed by atoms with Crippen LogP contribution < -0.4 is 9.47 Å². The van der Waals surface area contributed by atoms with Crippen LogP contribution in [0, 0.1) is 6.92 Å². The molecule has 1 amide bonds. The molecular formula is C25H23N5O4. The number of fused-ring (bicyclic) bond motifs is 2. The zero-order chi connectivity index (χ0) is 23.1. The van der Waals surface area contributed by atoms with Crippen LogP contribution in [-0.4, -0.2) is 63.8 Å². The largest absolute Gasteiger partial charge is 0.454 e. The summed E-state index contributed by atoms with van der Waals surface area (Å²) in [5, 5.41) is 4.88. The Labute approximate surface area is 195 Å². The number of benzene rings is 1. The monoisotopic (exact) mass is 457 g/mol. The molecule has 0 unspecified atom stereocenters. The standard InChI is InChI=1S/C25H23N5O4/c1-16-12-19(25(31)30-10-8-29(9-11-30)14-18-4-2-3-7-26-18)22-23(28-34-24(22)27-16)17-5-6-20-21(13-17)33-15-32-20/h2-7,12-13H,8-11,14-15H2,1H3. The molecule has 34 heavy (non-hydrogen) atoms. The molecule has 1 fully saturated rings. The highest BCUT2D eigenvalue weighted by atomic mass is 16.7. The molecular weight excluding hydrogens is 434 g/mol. The van der Waals surface area contributed by atoms with Crippen molar-refractivity contribution in [2.24, 2.45) is 0 Å². The number of nitrogens with zero attached hydrogens (tertiary/aromatic N) is 5. The number of rotatable bonds is 4. The molecule has 6 rings (SSSR count). The van der Waals surface area contributed by atoms with Crippen LogP contribution in [0.4, 0.5) is 0 Å². The van der Waals surface area contributed by atoms with Crippen molar-refractivity contribution >= 4 is 17.0 Å². The first kappa shape index (κ1) is 20.6. The first-order valence-corrected chi connectivity index (χ1v) is 11.2. The molecule has 0 saturated carbocycles. The second-order valence-corrected chi connectivity index (χ2v) is 8.48. The van der Waals surface area contributed by atoms with Crippen LogP contribution in [-0.2, 0) is 6.54 Å². The van der Waals surface area contributed by atoms with Crippen molar-refractivity contribution in [1.29, 1.82) is 0 Å². The fourth-order valence-electron chi connectivity index (χ4n) is 4.48. The van der Waals surface area contributed by atoms with Gasteiger partial charge in [0.25, 0.3) is 11.6 Å². The Balaban J connectivity index is 1.28. The number of piperazine rings is 1. The van der Waals surface area contributed by atoms with Crippen LogP contribution >= 0.6 is 0 Å². The highest BCUT2D eigenvalue weighted by Crippen LogP contribution is 2.38. The van der Waals surface area contributed by atoms with Gasteiger partial charge in [0.1, 0.15) is 5.69 Å². The fraction of sp³-hybridized carbons (Fsp3) is 0.280. The number of amides is 1. The molecule has 9 nitrogen and oxygen atoms in total. The van der Waals surface area contributed by atoms with Gasteiger partial charge in [-0.3, -0.25) is 14.7 Å². The summed E-state index contributed by atoms with van der Waals surface area (Å²) < 4.78 is 16.5. The molecule has 1 saturated heterocycles. The zero-order valence-electron chi connectivity index (χ0n) is 18.7. The van der Waals surface area contributed by atoms with Gasteiger partial charge in [-0.2, -0.15) is 0 Å². The maximum Gasteiger partial charge on any atom is 0.259 e. The van der Waals surface area contributed by atoms with Crippen molar-refractivity contribution in [2.45, 2.75) is 13.5 Å². The van der Waals surface area contributed by atoms with Gasteiger partial charge >= 0.3 is 0 Å². The van der Waals surface area contributed by atoms with Crippen LogP contribution in [0.2, 0.25) is 0 Å². The van der Waals surface area contributed by atoms with E-state index in [-0.39, 0.29) is 12.7 Å². The van der Waals surface area contributed by atoms with Crippen molar-refractivity contribution in [3.05, 3.63) is 65.6 Å². The van der Waals surface area contributed by atoms with E-state index in [0.29, 0.717) is 52.6 Å². The smallest absolute Gasteiger partial charge is 0.259 e. The SMILES string of the molecule is Cc1cc(C(=O)N2CCN(Cc3ccccn3)CC2)c2c(-c3ccc4c(c3)OCO4)noc2n1. The van der Waals surface area contributed by atoms with Gasteiger partial charge in [-0.25, -0.2) is 4.98 Å². The van der Waals surface area contributed by atoms with Gasteiger partial charge in [-0.05, 0) is 43.3 Å².